The summed E-state index contributed by atoms with van der Waals surface area (Å²) in [6, 6.07) is 4.84. The van der Waals surface area contributed by atoms with Gasteiger partial charge in [-0.3, -0.25) is 4.79 Å². The lowest BCUT2D eigenvalue weighted by molar-refractivity contribution is -0.147. The van der Waals surface area contributed by atoms with Crippen LogP contribution in [-0.2, 0) is 43.5 Å². The van der Waals surface area contributed by atoms with Gasteiger partial charge in [0.1, 0.15) is 29.1 Å². The second kappa shape index (κ2) is 9.03. The van der Waals surface area contributed by atoms with E-state index >= 15 is 0 Å². The van der Waals surface area contributed by atoms with Crippen LogP contribution in [0, 0.1) is 0 Å². The van der Waals surface area contributed by atoms with Crippen LogP contribution in [0.4, 0.5) is 5.69 Å². The van der Waals surface area contributed by atoms with E-state index in [1.54, 1.807) is 32.0 Å². The molecule has 1 aromatic rings. The zero-order valence-electron chi connectivity index (χ0n) is 17.6. The molecule has 1 unspecified atom stereocenters. The third kappa shape index (κ3) is 3.62. The standard InChI is InChI=1S/C21H21BrN2O8/c1-4-30-14(25)9-13-15(19(27)31-5-2)21(20(28)32-13)11-8-10(22)6-7-12(11)24-17(23)16(21)18(26)29-3/h6-8,24H,4-5,9,23H2,1-3H3. The molecule has 1 spiro atoms. The summed E-state index contributed by atoms with van der Waals surface area (Å²) in [6.07, 6.45) is -0.527. The average molecular weight is 509 g/mol. The van der Waals surface area contributed by atoms with Crippen molar-refractivity contribution in [2.24, 2.45) is 5.73 Å². The van der Waals surface area contributed by atoms with E-state index in [9.17, 15) is 19.2 Å². The molecule has 32 heavy (non-hydrogen) atoms. The molecule has 2 aliphatic rings. The number of cyclic esters (lactones) is 1. The minimum Gasteiger partial charge on any atom is -0.466 e. The number of nitrogens with two attached hydrogens (primary N) is 1. The van der Waals surface area contributed by atoms with Crippen LogP contribution in [0.1, 0.15) is 25.8 Å². The third-order valence-corrected chi connectivity index (χ3v) is 5.45. The van der Waals surface area contributed by atoms with Crippen LogP contribution < -0.4 is 11.1 Å². The molecule has 0 saturated carbocycles. The van der Waals surface area contributed by atoms with E-state index < -0.39 is 35.7 Å². The van der Waals surface area contributed by atoms with Gasteiger partial charge < -0.3 is 30.0 Å². The number of methoxy groups -OCH3 is 1. The Hall–Kier alpha value is -3.34. The summed E-state index contributed by atoms with van der Waals surface area (Å²) >= 11 is 3.34. The summed E-state index contributed by atoms with van der Waals surface area (Å²) in [4.78, 5) is 51.7. The van der Waals surface area contributed by atoms with Gasteiger partial charge in [0.15, 0.2) is 5.41 Å². The molecule has 0 amide bonds. The second-order valence-corrected chi connectivity index (χ2v) is 7.65. The molecule has 11 heteroatoms. The smallest absolute Gasteiger partial charge is 0.339 e. The number of esters is 4. The first-order chi connectivity index (χ1) is 15.2. The number of ether oxygens (including phenoxy) is 4. The fraction of sp³-hybridized carbons (Fsp3) is 0.333. The molecule has 0 radical (unpaired) electrons. The maximum Gasteiger partial charge on any atom is 0.339 e. The molecular weight excluding hydrogens is 488 g/mol. The van der Waals surface area contributed by atoms with Crippen molar-refractivity contribution in [3.05, 3.63) is 51.0 Å². The van der Waals surface area contributed by atoms with Gasteiger partial charge in [-0.15, -0.1) is 0 Å². The summed E-state index contributed by atoms with van der Waals surface area (Å²) in [5.41, 5.74) is 3.90. The molecule has 10 nitrogen and oxygen atoms in total. The Labute approximate surface area is 191 Å². The minimum atomic E-state index is -2.12. The van der Waals surface area contributed by atoms with Crippen molar-refractivity contribution in [1.82, 2.24) is 0 Å². The van der Waals surface area contributed by atoms with E-state index in [2.05, 4.69) is 21.2 Å². The first-order valence-corrected chi connectivity index (χ1v) is 10.5. The largest absolute Gasteiger partial charge is 0.466 e. The molecule has 1 atom stereocenters. The molecule has 0 saturated heterocycles. The Morgan fingerprint density at radius 1 is 1.12 bits per heavy atom. The summed E-state index contributed by atoms with van der Waals surface area (Å²) in [5.74, 6) is -4.12. The highest BCUT2D eigenvalue weighted by Crippen LogP contribution is 2.53. The molecule has 0 aliphatic carbocycles. The van der Waals surface area contributed by atoms with Gasteiger partial charge in [0.05, 0.1) is 20.3 Å². The highest BCUT2D eigenvalue weighted by atomic mass is 79.9. The first kappa shape index (κ1) is 23.3. The van der Waals surface area contributed by atoms with Crippen LogP contribution in [0.2, 0.25) is 0 Å². The quantitative estimate of drug-likeness (QED) is 0.430. The molecule has 170 valence electrons. The van der Waals surface area contributed by atoms with E-state index in [4.69, 9.17) is 24.7 Å². The topological polar surface area (TPSA) is 143 Å². The van der Waals surface area contributed by atoms with Gasteiger partial charge in [-0.05, 0) is 32.0 Å². The molecule has 0 fully saturated rings. The van der Waals surface area contributed by atoms with Crippen LogP contribution >= 0.6 is 15.9 Å². The number of hydrogen-bond donors (Lipinski definition) is 2. The Kier molecular flexibility index (Phi) is 6.58. The van der Waals surface area contributed by atoms with Gasteiger partial charge in [0, 0.05) is 15.7 Å². The normalized spacial score (nSPS) is 19.3. The summed E-state index contributed by atoms with van der Waals surface area (Å²) in [5, 5.41) is 2.85. The van der Waals surface area contributed by atoms with Crippen molar-refractivity contribution >= 4 is 45.5 Å². The van der Waals surface area contributed by atoms with Gasteiger partial charge in [-0.1, -0.05) is 15.9 Å². The number of benzene rings is 1. The lowest BCUT2D eigenvalue weighted by atomic mass is 9.66. The SMILES string of the molecule is CCOC(=O)CC1=C(C(=O)OCC)C2(C(=O)O1)C(C(=O)OC)=C(N)Nc1ccc(Br)cc12. The third-order valence-electron chi connectivity index (χ3n) is 4.95. The zero-order chi connectivity index (χ0) is 23.6. The first-order valence-electron chi connectivity index (χ1n) is 9.66. The predicted octanol–water partition coefficient (Wildman–Crippen LogP) is 1.78. The Morgan fingerprint density at radius 2 is 1.81 bits per heavy atom. The van der Waals surface area contributed by atoms with Crippen molar-refractivity contribution in [2.75, 3.05) is 25.6 Å². The van der Waals surface area contributed by atoms with Crippen LogP contribution in [0.25, 0.3) is 0 Å². The molecule has 0 aromatic heterocycles. The summed E-state index contributed by atoms with van der Waals surface area (Å²) < 4.78 is 21.0. The summed E-state index contributed by atoms with van der Waals surface area (Å²) in [7, 11) is 1.11. The fourth-order valence-corrected chi connectivity index (χ4v) is 4.17. The van der Waals surface area contributed by atoms with Gasteiger partial charge in [0.2, 0.25) is 0 Å². The van der Waals surface area contributed by atoms with E-state index in [-0.39, 0.29) is 41.5 Å². The Morgan fingerprint density at radius 3 is 2.44 bits per heavy atom. The number of nitrogens with one attached hydrogen (secondary N) is 1. The lowest BCUT2D eigenvalue weighted by Gasteiger charge is -2.35. The zero-order valence-corrected chi connectivity index (χ0v) is 19.2. The van der Waals surface area contributed by atoms with E-state index in [0.29, 0.717) is 10.2 Å². The van der Waals surface area contributed by atoms with Crippen LogP contribution in [0.15, 0.2) is 45.4 Å². The number of anilines is 1. The number of rotatable bonds is 6. The van der Waals surface area contributed by atoms with Gasteiger partial charge in [-0.2, -0.15) is 0 Å². The van der Waals surface area contributed by atoms with Crippen LogP contribution in [0.3, 0.4) is 0 Å². The molecule has 3 rings (SSSR count). The number of carbonyl (C=O) groups is 4. The number of fused-ring (bicyclic) bond motifs is 2. The summed E-state index contributed by atoms with van der Waals surface area (Å²) in [6.45, 7) is 3.24. The number of halogens is 1. The Balaban J connectivity index is 2.41. The number of hydrogen-bond acceptors (Lipinski definition) is 10. The van der Waals surface area contributed by atoms with Gasteiger partial charge in [-0.25, -0.2) is 14.4 Å². The molecule has 2 heterocycles. The minimum absolute atomic E-state index is 0.0321. The van der Waals surface area contributed by atoms with E-state index in [0.717, 1.165) is 7.11 Å². The van der Waals surface area contributed by atoms with Gasteiger partial charge >= 0.3 is 23.9 Å². The fourth-order valence-electron chi connectivity index (χ4n) is 3.81. The van der Waals surface area contributed by atoms with Crippen LogP contribution in [-0.4, -0.2) is 44.2 Å². The lowest BCUT2D eigenvalue weighted by Crippen LogP contribution is -2.47. The molecule has 0 bridgehead atoms. The maximum atomic E-state index is 13.5. The Bertz CT molecular complexity index is 1080. The second-order valence-electron chi connectivity index (χ2n) is 6.74. The maximum absolute atomic E-state index is 13.5. The van der Waals surface area contributed by atoms with E-state index in [1.807, 2.05) is 0 Å². The highest BCUT2D eigenvalue weighted by molar-refractivity contribution is 9.10. The van der Waals surface area contributed by atoms with Crippen molar-refractivity contribution in [2.45, 2.75) is 25.7 Å². The highest BCUT2D eigenvalue weighted by Gasteiger charge is 2.63. The number of carbonyl (C=O) groups excluding carboxylic acids is 4. The average Bonchev–Trinajstić information content (AvgIpc) is 3.00. The van der Waals surface area contributed by atoms with Crippen molar-refractivity contribution in [3.8, 4) is 0 Å². The molecule has 2 aliphatic heterocycles. The van der Waals surface area contributed by atoms with Crippen molar-refractivity contribution in [3.63, 3.8) is 0 Å². The van der Waals surface area contributed by atoms with Gasteiger partial charge in [0.25, 0.3) is 0 Å². The molecule has 1 aromatic carbocycles. The van der Waals surface area contributed by atoms with Crippen molar-refractivity contribution < 1.29 is 38.1 Å². The molecular formula is C21H21BrN2O8. The monoisotopic (exact) mass is 508 g/mol. The van der Waals surface area contributed by atoms with Crippen LogP contribution in [0.5, 0.6) is 0 Å². The van der Waals surface area contributed by atoms with Crippen molar-refractivity contribution in [1.29, 1.82) is 0 Å². The predicted molar refractivity (Wildman–Crippen MR) is 114 cm³/mol. The van der Waals surface area contributed by atoms with E-state index in [1.165, 1.54) is 0 Å². The molecule has 3 N–H and O–H groups in total.